The molecule has 1 saturated carbocycles. The van der Waals surface area contributed by atoms with Gasteiger partial charge in [-0.3, -0.25) is 4.79 Å². The average Bonchev–Trinajstić information content (AvgIpc) is 3.80. The number of fused-ring (bicyclic) bond motifs is 2. The van der Waals surface area contributed by atoms with Crippen LogP contribution in [0.4, 0.5) is 35.5 Å². The lowest BCUT2D eigenvalue weighted by Gasteiger charge is -2.22. The van der Waals surface area contributed by atoms with Gasteiger partial charge in [0.15, 0.2) is 6.61 Å². The van der Waals surface area contributed by atoms with Crippen molar-refractivity contribution in [3.05, 3.63) is 59.7 Å². The van der Waals surface area contributed by atoms with Crippen LogP contribution in [0.3, 0.4) is 0 Å². The number of hydrogen-bond donors (Lipinski definition) is 4. The van der Waals surface area contributed by atoms with Gasteiger partial charge in [0.1, 0.15) is 5.75 Å². The van der Waals surface area contributed by atoms with E-state index in [2.05, 4.69) is 36.2 Å². The highest BCUT2D eigenvalue weighted by Gasteiger charge is 2.45. The maximum Gasteiger partial charge on any atom is 0.422 e. The predicted octanol–water partition coefficient (Wildman–Crippen LogP) is 4.59. The Balaban J connectivity index is 1.38. The van der Waals surface area contributed by atoms with Gasteiger partial charge in [-0.15, -0.1) is 0 Å². The number of hydrogen-bond acceptors (Lipinski definition) is 9. The van der Waals surface area contributed by atoms with E-state index in [9.17, 15) is 22.8 Å². The minimum Gasteiger partial charge on any atom is -0.494 e. The van der Waals surface area contributed by atoms with Crippen molar-refractivity contribution in [2.45, 2.75) is 43.8 Å². The van der Waals surface area contributed by atoms with E-state index in [1.165, 1.54) is 0 Å². The molecule has 1 fully saturated rings. The largest absolute Gasteiger partial charge is 0.494 e. The van der Waals surface area contributed by atoms with Crippen molar-refractivity contribution in [3.63, 3.8) is 0 Å². The fraction of sp³-hybridized carbons (Fsp3) is 0.433. The van der Waals surface area contributed by atoms with Crippen LogP contribution in [-0.2, 0) is 5.54 Å². The molecule has 6 bridgehead atoms. The van der Waals surface area contributed by atoms with Crippen LogP contribution < -0.4 is 30.7 Å². The minimum absolute atomic E-state index is 0.0299. The van der Waals surface area contributed by atoms with Gasteiger partial charge in [0.25, 0.3) is 5.91 Å². The SMILES string of the molecule is CNC(=O)N1CCCCNC(=O)c2ccc(cc2)Nc2nc(nc(OCC(F)(F)F)n2)NC2(CC2)c2ccc(cc2)OCCC1. The van der Waals surface area contributed by atoms with Crippen molar-refractivity contribution in [3.8, 4) is 11.8 Å². The van der Waals surface area contributed by atoms with E-state index in [1.807, 2.05) is 24.3 Å². The number of anilines is 3. The molecule has 3 aromatic rings. The Bertz CT molecular complexity index is 1470. The molecule has 4 aliphatic rings. The van der Waals surface area contributed by atoms with Crippen LogP contribution in [-0.4, -0.2) is 77.9 Å². The van der Waals surface area contributed by atoms with Crippen LogP contribution in [0.5, 0.6) is 11.8 Å². The number of alkyl halides is 3. The molecule has 2 aromatic carbocycles. The summed E-state index contributed by atoms with van der Waals surface area (Å²) in [5, 5.41) is 11.8. The summed E-state index contributed by atoms with van der Waals surface area (Å²) in [6, 6.07) is 13.4. The molecule has 1 aromatic heterocycles. The van der Waals surface area contributed by atoms with Crippen LogP contribution in [0.1, 0.15) is 48.0 Å². The number of rotatable bonds is 2. The molecule has 12 nitrogen and oxygen atoms in total. The average molecular weight is 629 g/mol. The Labute approximate surface area is 258 Å². The van der Waals surface area contributed by atoms with Crippen LogP contribution >= 0.6 is 0 Å². The van der Waals surface area contributed by atoms with Crippen molar-refractivity contribution in [1.29, 1.82) is 0 Å². The number of amides is 3. The fourth-order valence-corrected chi connectivity index (χ4v) is 4.86. The molecule has 4 N–H and O–H groups in total. The van der Waals surface area contributed by atoms with Gasteiger partial charge in [0.05, 0.1) is 12.1 Å². The first kappa shape index (κ1) is 31.6. The molecule has 240 valence electrons. The first-order valence-corrected chi connectivity index (χ1v) is 14.7. The number of ether oxygens (including phenoxy) is 2. The van der Waals surface area contributed by atoms with E-state index >= 15 is 0 Å². The Morgan fingerprint density at radius 3 is 2.40 bits per heavy atom. The Morgan fingerprint density at radius 1 is 1.00 bits per heavy atom. The molecular weight excluding hydrogens is 593 g/mol. The third-order valence-corrected chi connectivity index (χ3v) is 7.37. The Morgan fingerprint density at radius 2 is 1.71 bits per heavy atom. The zero-order chi connectivity index (χ0) is 31.9. The fourth-order valence-electron chi connectivity index (χ4n) is 4.86. The van der Waals surface area contributed by atoms with E-state index < -0.39 is 24.3 Å². The van der Waals surface area contributed by atoms with E-state index in [1.54, 1.807) is 36.2 Å². The molecule has 7 rings (SSSR count). The Kier molecular flexibility index (Phi) is 9.74. The molecule has 3 amide bonds. The summed E-state index contributed by atoms with van der Waals surface area (Å²) in [7, 11) is 1.59. The zero-order valence-corrected chi connectivity index (χ0v) is 24.7. The van der Waals surface area contributed by atoms with Gasteiger partial charge >= 0.3 is 18.2 Å². The standard InChI is InChI=1S/C30H35F3N8O4/c1-34-28(43)41-16-3-2-15-35-24(42)20-5-9-22(10-6-20)36-25-37-26(39-27(38-25)45-19-30(31,32)33)40-29(13-14-29)21-7-11-23(12-8-21)44-18-4-17-41/h5-12H,2-4,13-19H2,1H3,(H,34,43)(H,35,42)(H2,36,37,38,39,40). The van der Waals surface area contributed by atoms with E-state index in [-0.39, 0.29) is 23.8 Å². The quantitative estimate of drug-likeness (QED) is 0.321. The Hall–Kier alpha value is -4.82. The van der Waals surface area contributed by atoms with Gasteiger partial charge in [0, 0.05) is 37.9 Å². The number of aromatic nitrogens is 3. The van der Waals surface area contributed by atoms with E-state index in [0.29, 0.717) is 62.5 Å². The predicted molar refractivity (Wildman–Crippen MR) is 160 cm³/mol. The van der Waals surface area contributed by atoms with Crippen LogP contribution in [0.25, 0.3) is 0 Å². The summed E-state index contributed by atoms with van der Waals surface area (Å²) in [6.45, 7) is 0.338. The first-order valence-electron chi connectivity index (χ1n) is 14.7. The number of carbonyl (C=O) groups excluding carboxylic acids is 2. The number of nitrogens with one attached hydrogen (secondary N) is 4. The highest BCUT2D eigenvalue weighted by molar-refractivity contribution is 5.94. The third kappa shape index (κ3) is 8.86. The highest BCUT2D eigenvalue weighted by Crippen LogP contribution is 2.48. The molecule has 1 spiro atoms. The second-order valence-corrected chi connectivity index (χ2v) is 10.8. The number of halogens is 3. The van der Waals surface area contributed by atoms with Gasteiger partial charge in [-0.25, -0.2) is 4.79 Å². The van der Waals surface area contributed by atoms with Gasteiger partial charge < -0.3 is 35.6 Å². The summed E-state index contributed by atoms with van der Waals surface area (Å²) < 4.78 is 49.5. The number of urea groups is 1. The van der Waals surface area contributed by atoms with Crippen molar-refractivity contribution in [1.82, 2.24) is 30.5 Å². The van der Waals surface area contributed by atoms with Gasteiger partial charge in [-0.05, 0) is 74.1 Å². The summed E-state index contributed by atoms with van der Waals surface area (Å²) in [6.07, 6.45) is -1.07. The van der Waals surface area contributed by atoms with Gasteiger partial charge in [-0.1, -0.05) is 12.1 Å². The maximum atomic E-state index is 12.9. The van der Waals surface area contributed by atoms with Gasteiger partial charge in [-0.2, -0.15) is 28.1 Å². The molecule has 0 atom stereocenters. The molecule has 3 aliphatic heterocycles. The second kappa shape index (κ2) is 13.9. The summed E-state index contributed by atoms with van der Waals surface area (Å²) in [5.74, 6) is 0.425. The molecule has 1 aliphatic carbocycles. The van der Waals surface area contributed by atoms with Crippen LogP contribution in [0, 0.1) is 0 Å². The third-order valence-electron chi connectivity index (χ3n) is 7.37. The first-order chi connectivity index (χ1) is 21.6. The topological polar surface area (TPSA) is 143 Å². The number of carbonyl (C=O) groups is 2. The second-order valence-electron chi connectivity index (χ2n) is 10.8. The number of nitrogens with zero attached hydrogens (tertiary/aromatic N) is 4. The van der Waals surface area contributed by atoms with Crippen molar-refractivity contribution in [2.75, 3.05) is 50.5 Å². The van der Waals surface area contributed by atoms with Gasteiger partial charge in [0.2, 0.25) is 11.9 Å². The van der Waals surface area contributed by atoms with Crippen molar-refractivity contribution >= 4 is 29.5 Å². The monoisotopic (exact) mass is 628 g/mol. The molecule has 45 heavy (non-hydrogen) atoms. The minimum atomic E-state index is -4.58. The summed E-state index contributed by atoms with van der Waals surface area (Å²) >= 11 is 0. The highest BCUT2D eigenvalue weighted by atomic mass is 19.4. The molecular formula is C30H35F3N8O4. The van der Waals surface area contributed by atoms with Crippen LogP contribution in [0.2, 0.25) is 0 Å². The summed E-state index contributed by atoms with van der Waals surface area (Å²) in [5.41, 5.74) is 1.34. The van der Waals surface area contributed by atoms with E-state index in [0.717, 1.165) is 18.4 Å². The van der Waals surface area contributed by atoms with E-state index in [4.69, 9.17) is 9.47 Å². The summed E-state index contributed by atoms with van der Waals surface area (Å²) in [4.78, 5) is 39.2. The number of benzene rings is 2. The lowest BCUT2D eigenvalue weighted by molar-refractivity contribution is -0.154. The smallest absolute Gasteiger partial charge is 0.422 e. The van der Waals surface area contributed by atoms with Crippen LogP contribution in [0.15, 0.2) is 48.5 Å². The zero-order valence-electron chi connectivity index (χ0n) is 24.7. The maximum absolute atomic E-state index is 12.9. The van der Waals surface area contributed by atoms with Crippen molar-refractivity contribution < 1.29 is 32.2 Å². The lowest BCUT2D eigenvalue weighted by atomic mass is 10.1. The molecule has 4 heterocycles. The molecule has 15 heteroatoms. The van der Waals surface area contributed by atoms with Crippen molar-refractivity contribution in [2.24, 2.45) is 0 Å². The molecule has 0 radical (unpaired) electrons. The lowest BCUT2D eigenvalue weighted by Crippen LogP contribution is -2.40. The normalized spacial score (nSPS) is 17.2. The molecule has 0 saturated heterocycles. The molecule has 0 unspecified atom stereocenters.